The van der Waals surface area contributed by atoms with E-state index in [1.807, 2.05) is 0 Å². The van der Waals surface area contributed by atoms with Crippen molar-refractivity contribution in [2.45, 2.75) is 70.8 Å². The van der Waals surface area contributed by atoms with Gasteiger partial charge in [0.1, 0.15) is 0 Å². The fourth-order valence-corrected chi connectivity index (χ4v) is 3.80. The summed E-state index contributed by atoms with van der Waals surface area (Å²) >= 11 is 0. The van der Waals surface area contributed by atoms with Gasteiger partial charge in [-0.1, -0.05) is 43.0 Å². The molecule has 1 aromatic carbocycles. The number of benzene rings is 1. The maximum Gasteiger partial charge on any atom is 0.00683 e. The summed E-state index contributed by atoms with van der Waals surface area (Å²) in [6.07, 6.45) is 9.89. The number of hydrogen-bond acceptors (Lipinski definition) is 1. The Balaban J connectivity index is 1.78. The van der Waals surface area contributed by atoms with Crippen molar-refractivity contribution in [1.29, 1.82) is 0 Å². The molecule has 0 saturated heterocycles. The molecule has 1 N–H and O–H groups in total. The molecule has 2 fully saturated rings. The molecule has 20 heavy (non-hydrogen) atoms. The molecule has 3 rings (SSSR count). The smallest absolute Gasteiger partial charge is 0.00683 e. The van der Waals surface area contributed by atoms with Gasteiger partial charge in [0.2, 0.25) is 0 Å². The Kier molecular flexibility index (Phi) is 4.45. The summed E-state index contributed by atoms with van der Waals surface area (Å²) in [5, 5.41) is 3.79. The fourth-order valence-electron chi connectivity index (χ4n) is 3.80. The third-order valence-electron chi connectivity index (χ3n) is 5.24. The van der Waals surface area contributed by atoms with Gasteiger partial charge in [0.25, 0.3) is 0 Å². The molecule has 110 valence electrons. The first-order valence-corrected chi connectivity index (χ1v) is 8.54. The van der Waals surface area contributed by atoms with Crippen molar-refractivity contribution in [3.8, 4) is 0 Å². The third kappa shape index (κ3) is 3.44. The lowest BCUT2D eigenvalue weighted by Gasteiger charge is -2.27. The number of hydrogen-bond donors (Lipinski definition) is 1. The fraction of sp³-hybridized carbons (Fsp3) is 0.684. The van der Waals surface area contributed by atoms with Crippen molar-refractivity contribution in [3.05, 3.63) is 34.9 Å². The van der Waals surface area contributed by atoms with Crippen LogP contribution >= 0.6 is 0 Å². The van der Waals surface area contributed by atoms with Crippen LogP contribution in [0, 0.1) is 19.8 Å². The van der Waals surface area contributed by atoms with Crippen molar-refractivity contribution < 1.29 is 0 Å². The molecule has 1 heteroatoms. The zero-order valence-corrected chi connectivity index (χ0v) is 13.1. The number of aryl methyl sites for hydroxylation is 2. The minimum atomic E-state index is 0.781. The van der Waals surface area contributed by atoms with Crippen LogP contribution in [0.15, 0.2) is 18.2 Å². The molecule has 2 aliphatic carbocycles. The average molecular weight is 271 g/mol. The summed E-state index contributed by atoms with van der Waals surface area (Å²) in [4.78, 5) is 0. The van der Waals surface area contributed by atoms with Gasteiger partial charge in [-0.05, 0) is 69.0 Å². The highest BCUT2D eigenvalue weighted by atomic mass is 14.9. The first-order chi connectivity index (χ1) is 9.74. The van der Waals surface area contributed by atoms with Crippen LogP contribution in [0.5, 0.6) is 0 Å². The maximum absolute atomic E-state index is 3.79. The minimum absolute atomic E-state index is 0.781. The van der Waals surface area contributed by atoms with Gasteiger partial charge in [0.15, 0.2) is 0 Å². The van der Waals surface area contributed by atoms with Crippen LogP contribution in [-0.4, -0.2) is 12.6 Å². The van der Waals surface area contributed by atoms with Crippen LogP contribution < -0.4 is 5.32 Å². The Morgan fingerprint density at radius 2 is 1.80 bits per heavy atom. The SMILES string of the molecule is Cc1ccc(C)c(C2CCCCCC2CNC2CC2)c1. The standard InChI is InChI=1S/C19H29N/c1-14-8-9-15(2)19(12-14)18-7-5-3-4-6-16(18)13-20-17-10-11-17/h8-9,12,16-18,20H,3-7,10-11,13H2,1-2H3. The van der Waals surface area contributed by atoms with E-state index in [-0.39, 0.29) is 0 Å². The first kappa shape index (κ1) is 14.1. The van der Waals surface area contributed by atoms with E-state index in [1.165, 1.54) is 62.6 Å². The Morgan fingerprint density at radius 1 is 1.00 bits per heavy atom. The third-order valence-corrected chi connectivity index (χ3v) is 5.24. The van der Waals surface area contributed by atoms with E-state index in [0.717, 1.165) is 17.9 Å². The average Bonchev–Trinajstić information content (AvgIpc) is 3.25. The zero-order valence-electron chi connectivity index (χ0n) is 13.1. The summed E-state index contributed by atoms with van der Waals surface area (Å²) in [7, 11) is 0. The normalized spacial score (nSPS) is 27.3. The lowest BCUT2D eigenvalue weighted by Crippen LogP contribution is -2.28. The first-order valence-electron chi connectivity index (χ1n) is 8.54. The second-order valence-corrected chi connectivity index (χ2v) is 7.05. The molecular weight excluding hydrogens is 242 g/mol. The van der Waals surface area contributed by atoms with Crippen molar-refractivity contribution >= 4 is 0 Å². The minimum Gasteiger partial charge on any atom is -0.314 e. The van der Waals surface area contributed by atoms with Crippen LogP contribution in [0.25, 0.3) is 0 Å². The molecule has 0 aromatic heterocycles. The highest BCUT2D eigenvalue weighted by Crippen LogP contribution is 2.38. The van der Waals surface area contributed by atoms with Crippen molar-refractivity contribution in [3.63, 3.8) is 0 Å². The molecule has 0 radical (unpaired) electrons. The van der Waals surface area contributed by atoms with E-state index in [9.17, 15) is 0 Å². The molecule has 0 spiro atoms. The Bertz CT molecular complexity index is 447. The predicted octanol–water partition coefficient (Wildman–Crippen LogP) is 4.72. The van der Waals surface area contributed by atoms with Crippen LogP contribution in [0.3, 0.4) is 0 Å². The number of nitrogens with one attached hydrogen (secondary N) is 1. The molecule has 2 atom stereocenters. The molecule has 0 heterocycles. The van der Waals surface area contributed by atoms with E-state index in [0.29, 0.717) is 0 Å². The number of rotatable bonds is 4. The van der Waals surface area contributed by atoms with Gasteiger partial charge in [-0.3, -0.25) is 0 Å². The van der Waals surface area contributed by atoms with Crippen molar-refractivity contribution in [1.82, 2.24) is 5.32 Å². The van der Waals surface area contributed by atoms with E-state index in [2.05, 4.69) is 37.4 Å². The quantitative estimate of drug-likeness (QED) is 0.781. The Hall–Kier alpha value is -0.820. The van der Waals surface area contributed by atoms with Gasteiger partial charge in [-0.25, -0.2) is 0 Å². The largest absolute Gasteiger partial charge is 0.314 e. The molecule has 2 aliphatic rings. The summed E-state index contributed by atoms with van der Waals surface area (Å²) in [6.45, 7) is 5.77. The zero-order chi connectivity index (χ0) is 13.9. The monoisotopic (exact) mass is 271 g/mol. The molecule has 2 saturated carbocycles. The van der Waals surface area contributed by atoms with Gasteiger partial charge < -0.3 is 5.32 Å². The van der Waals surface area contributed by atoms with E-state index < -0.39 is 0 Å². The molecule has 2 unspecified atom stereocenters. The van der Waals surface area contributed by atoms with Gasteiger partial charge >= 0.3 is 0 Å². The van der Waals surface area contributed by atoms with Gasteiger partial charge in [0.05, 0.1) is 0 Å². The molecule has 0 amide bonds. The maximum atomic E-state index is 3.79. The molecular formula is C19H29N. The lowest BCUT2D eigenvalue weighted by atomic mass is 9.80. The molecule has 1 aromatic rings. The van der Waals surface area contributed by atoms with E-state index >= 15 is 0 Å². The van der Waals surface area contributed by atoms with Crippen molar-refractivity contribution in [2.24, 2.45) is 5.92 Å². The Morgan fingerprint density at radius 3 is 2.60 bits per heavy atom. The highest BCUT2D eigenvalue weighted by Gasteiger charge is 2.28. The molecule has 0 bridgehead atoms. The van der Waals surface area contributed by atoms with Crippen molar-refractivity contribution in [2.75, 3.05) is 6.54 Å². The Labute approximate surface area is 124 Å². The van der Waals surface area contributed by atoms with Crippen LogP contribution in [0.2, 0.25) is 0 Å². The summed E-state index contributed by atoms with van der Waals surface area (Å²) in [6, 6.07) is 7.88. The van der Waals surface area contributed by atoms with Gasteiger partial charge in [-0.2, -0.15) is 0 Å². The van der Waals surface area contributed by atoms with Crippen LogP contribution in [0.1, 0.15) is 67.6 Å². The second-order valence-electron chi connectivity index (χ2n) is 7.05. The van der Waals surface area contributed by atoms with E-state index in [4.69, 9.17) is 0 Å². The van der Waals surface area contributed by atoms with Gasteiger partial charge in [-0.15, -0.1) is 0 Å². The van der Waals surface area contributed by atoms with E-state index in [1.54, 1.807) is 5.56 Å². The summed E-state index contributed by atoms with van der Waals surface area (Å²) < 4.78 is 0. The van der Waals surface area contributed by atoms with Crippen LogP contribution in [0.4, 0.5) is 0 Å². The second kappa shape index (κ2) is 6.30. The summed E-state index contributed by atoms with van der Waals surface area (Å²) in [5.74, 6) is 1.63. The molecule has 0 aliphatic heterocycles. The molecule has 1 nitrogen and oxygen atoms in total. The summed E-state index contributed by atoms with van der Waals surface area (Å²) in [5.41, 5.74) is 4.55. The lowest BCUT2D eigenvalue weighted by molar-refractivity contribution is 0.373. The van der Waals surface area contributed by atoms with Crippen LogP contribution in [-0.2, 0) is 0 Å². The topological polar surface area (TPSA) is 12.0 Å². The predicted molar refractivity (Wildman–Crippen MR) is 86.3 cm³/mol. The highest BCUT2D eigenvalue weighted by molar-refractivity contribution is 5.34. The van der Waals surface area contributed by atoms with Gasteiger partial charge in [0, 0.05) is 6.04 Å².